The van der Waals surface area contributed by atoms with Gasteiger partial charge in [0.1, 0.15) is 5.15 Å². The molecule has 0 saturated carbocycles. The molecule has 0 aliphatic heterocycles. The molecule has 0 saturated heterocycles. The molecule has 3 aromatic carbocycles. The van der Waals surface area contributed by atoms with Crippen molar-refractivity contribution in [2.24, 2.45) is 0 Å². The van der Waals surface area contributed by atoms with Crippen LogP contribution in [-0.4, -0.2) is 4.98 Å². The Morgan fingerprint density at radius 2 is 1.35 bits per heavy atom. The molecule has 0 fully saturated rings. The Morgan fingerprint density at radius 1 is 0.739 bits per heavy atom. The molecule has 0 atom stereocenters. The third-order valence-electron chi connectivity index (χ3n) is 4.58. The molecule has 1 aromatic heterocycles. The van der Waals surface area contributed by atoms with Crippen molar-refractivity contribution in [2.75, 3.05) is 0 Å². The molecule has 0 radical (unpaired) electrons. The summed E-state index contributed by atoms with van der Waals surface area (Å²) in [5.41, 5.74) is 1.52. The quantitative estimate of drug-likeness (QED) is 0.266. The molecule has 0 aliphatic carbocycles. The maximum absolute atomic E-state index is 6.24. The Balaban J connectivity index is 2.10. The molecule has 0 N–H and O–H groups in total. The van der Waals surface area contributed by atoms with Crippen molar-refractivity contribution in [3.63, 3.8) is 0 Å². The highest BCUT2D eigenvalue weighted by atomic mass is 35.5. The number of fused-ring (bicyclic) bond motifs is 5. The van der Waals surface area contributed by atoms with E-state index in [2.05, 4.69) is 68.2 Å². The van der Waals surface area contributed by atoms with E-state index in [1.54, 1.807) is 6.20 Å². The molecular formula is C21H18ClN. The molecule has 1 nitrogen and oxygen atoms in total. The van der Waals surface area contributed by atoms with Crippen LogP contribution in [0.25, 0.3) is 32.3 Å². The largest absolute Gasteiger partial charge is 0.244 e. The number of benzene rings is 3. The molecular weight excluding hydrogens is 302 g/mol. The average Bonchev–Trinajstić information content (AvgIpc) is 2.53. The Bertz CT molecular complexity index is 1060. The molecule has 2 heteroatoms. The molecule has 114 valence electrons. The number of pyridine rings is 1. The van der Waals surface area contributed by atoms with E-state index < -0.39 is 0 Å². The first-order valence-electron chi connectivity index (χ1n) is 7.85. The third-order valence-corrected chi connectivity index (χ3v) is 4.88. The van der Waals surface area contributed by atoms with E-state index >= 15 is 0 Å². The van der Waals surface area contributed by atoms with Gasteiger partial charge in [-0.3, -0.25) is 0 Å². The summed E-state index contributed by atoms with van der Waals surface area (Å²) in [5, 5.41) is 7.78. The fraction of sp³-hybridized carbons (Fsp3) is 0.190. The van der Waals surface area contributed by atoms with Crippen LogP contribution < -0.4 is 0 Å². The van der Waals surface area contributed by atoms with Crippen molar-refractivity contribution < 1.29 is 0 Å². The van der Waals surface area contributed by atoms with Crippen LogP contribution in [0.3, 0.4) is 0 Å². The minimum absolute atomic E-state index is 0.158. The van der Waals surface area contributed by atoms with Crippen molar-refractivity contribution in [3.8, 4) is 0 Å². The van der Waals surface area contributed by atoms with Gasteiger partial charge in [0.2, 0.25) is 0 Å². The highest BCUT2D eigenvalue weighted by Crippen LogP contribution is 2.34. The summed E-state index contributed by atoms with van der Waals surface area (Å²) < 4.78 is 0. The van der Waals surface area contributed by atoms with Gasteiger partial charge in [-0.05, 0) is 44.0 Å². The maximum atomic E-state index is 6.24. The minimum Gasteiger partial charge on any atom is -0.244 e. The highest BCUT2D eigenvalue weighted by Gasteiger charge is 2.14. The van der Waals surface area contributed by atoms with Gasteiger partial charge in [-0.2, -0.15) is 0 Å². The standard InChI is InChI=1S/C21H18ClN/c1-21(2,3)14-5-7-15-13(12-14)4-6-17-16(15)8-9-19-18(17)10-11-23-20(19)22/h4-12H,1-3H3. The van der Waals surface area contributed by atoms with Gasteiger partial charge >= 0.3 is 0 Å². The van der Waals surface area contributed by atoms with Crippen LogP contribution in [0.15, 0.2) is 54.7 Å². The van der Waals surface area contributed by atoms with Crippen LogP contribution in [0.2, 0.25) is 5.15 Å². The van der Waals surface area contributed by atoms with E-state index in [-0.39, 0.29) is 5.41 Å². The van der Waals surface area contributed by atoms with E-state index in [0.29, 0.717) is 5.15 Å². The molecule has 0 bridgehead atoms. The van der Waals surface area contributed by atoms with Gasteiger partial charge in [-0.25, -0.2) is 4.98 Å². The molecule has 0 amide bonds. The summed E-state index contributed by atoms with van der Waals surface area (Å²) in [5.74, 6) is 0. The summed E-state index contributed by atoms with van der Waals surface area (Å²) in [4.78, 5) is 4.18. The first-order chi connectivity index (χ1) is 10.9. The van der Waals surface area contributed by atoms with Gasteiger partial charge in [0, 0.05) is 11.6 Å². The number of hydrogen-bond acceptors (Lipinski definition) is 1. The van der Waals surface area contributed by atoms with Gasteiger partial charge in [-0.15, -0.1) is 0 Å². The normalized spacial score (nSPS) is 12.3. The molecule has 23 heavy (non-hydrogen) atoms. The van der Waals surface area contributed by atoms with Crippen LogP contribution in [0.5, 0.6) is 0 Å². The molecule has 0 aliphatic rings. The number of nitrogens with zero attached hydrogens (tertiary/aromatic N) is 1. The van der Waals surface area contributed by atoms with Gasteiger partial charge in [0.25, 0.3) is 0 Å². The fourth-order valence-electron chi connectivity index (χ4n) is 3.24. The third kappa shape index (κ3) is 2.27. The van der Waals surface area contributed by atoms with Gasteiger partial charge in [-0.1, -0.05) is 74.8 Å². The summed E-state index contributed by atoms with van der Waals surface area (Å²) in [6.07, 6.45) is 1.77. The lowest BCUT2D eigenvalue weighted by Gasteiger charge is -2.20. The lowest BCUT2D eigenvalue weighted by atomic mass is 9.85. The van der Waals surface area contributed by atoms with Crippen molar-refractivity contribution in [3.05, 3.63) is 65.4 Å². The molecule has 0 spiro atoms. The van der Waals surface area contributed by atoms with Crippen LogP contribution in [0.4, 0.5) is 0 Å². The SMILES string of the molecule is CC(C)(C)c1ccc2c(ccc3c4ccnc(Cl)c4ccc23)c1. The van der Waals surface area contributed by atoms with Crippen LogP contribution >= 0.6 is 11.6 Å². The minimum atomic E-state index is 0.158. The molecule has 0 unspecified atom stereocenters. The summed E-state index contributed by atoms with van der Waals surface area (Å²) >= 11 is 6.24. The van der Waals surface area contributed by atoms with E-state index in [1.165, 1.54) is 27.1 Å². The molecule has 4 rings (SSSR count). The Hall–Kier alpha value is -2.12. The van der Waals surface area contributed by atoms with Crippen LogP contribution in [0, 0.1) is 0 Å². The first-order valence-corrected chi connectivity index (χ1v) is 8.23. The predicted molar refractivity (Wildman–Crippen MR) is 100 cm³/mol. The highest BCUT2D eigenvalue weighted by molar-refractivity contribution is 6.35. The van der Waals surface area contributed by atoms with Crippen molar-refractivity contribution >= 4 is 43.9 Å². The zero-order valence-corrected chi connectivity index (χ0v) is 14.3. The number of hydrogen-bond donors (Lipinski definition) is 0. The van der Waals surface area contributed by atoms with E-state index in [1.807, 2.05) is 6.07 Å². The van der Waals surface area contributed by atoms with E-state index in [0.717, 1.165) is 10.8 Å². The Labute approximate surface area is 140 Å². The van der Waals surface area contributed by atoms with E-state index in [4.69, 9.17) is 11.6 Å². The molecule has 1 heterocycles. The number of rotatable bonds is 0. The fourth-order valence-corrected chi connectivity index (χ4v) is 3.46. The van der Waals surface area contributed by atoms with Crippen molar-refractivity contribution in [1.82, 2.24) is 4.98 Å². The summed E-state index contributed by atoms with van der Waals surface area (Å²) in [7, 11) is 0. The van der Waals surface area contributed by atoms with E-state index in [9.17, 15) is 0 Å². The number of aromatic nitrogens is 1. The Morgan fingerprint density at radius 3 is 2.13 bits per heavy atom. The van der Waals surface area contributed by atoms with Gasteiger partial charge in [0.05, 0.1) is 0 Å². The second kappa shape index (κ2) is 4.94. The monoisotopic (exact) mass is 319 g/mol. The van der Waals surface area contributed by atoms with Gasteiger partial charge in [0.15, 0.2) is 0 Å². The van der Waals surface area contributed by atoms with Crippen LogP contribution in [0.1, 0.15) is 26.3 Å². The smallest absolute Gasteiger partial charge is 0.136 e. The lowest BCUT2D eigenvalue weighted by molar-refractivity contribution is 0.591. The second-order valence-electron chi connectivity index (χ2n) is 7.11. The lowest BCUT2D eigenvalue weighted by Crippen LogP contribution is -2.10. The Kier molecular flexibility index (Phi) is 3.11. The first kappa shape index (κ1) is 14.5. The zero-order valence-electron chi connectivity index (χ0n) is 13.5. The summed E-state index contributed by atoms with van der Waals surface area (Å²) in [6.45, 7) is 6.74. The average molecular weight is 320 g/mol. The maximum Gasteiger partial charge on any atom is 0.136 e. The van der Waals surface area contributed by atoms with Crippen molar-refractivity contribution in [1.29, 1.82) is 0 Å². The van der Waals surface area contributed by atoms with Crippen LogP contribution in [-0.2, 0) is 5.41 Å². The van der Waals surface area contributed by atoms with Crippen molar-refractivity contribution in [2.45, 2.75) is 26.2 Å². The topological polar surface area (TPSA) is 12.9 Å². The predicted octanol–water partition coefficient (Wildman–Crippen LogP) is 6.49. The zero-order chi connectivity index (χ0) is 16.2. The molecule has 4 aromatic rings. The second-order valence-corrected chi connectivity index (χ2v) is 7.47. The van der Waals surface area contributed by atoms with Gasteiger partial charge < -0.3 is 0 Å². The summed E-state index contributed by atoms with van der Waals surface area (Å²) in [6, 6.07) is 17.5. The number of halogens is 1.